The average molecular weight is 197 g/mol. The molecule has 1 heterocycles. The minimum absolute atomic E-state index is 0.339. The number of rotatable bonds is 3. The van der Waals surface area contributed by atoms with E-state index < -0.39 is 6.67 Å². The third kappa shape index (κ3) is 2.03. The lowest BCUT2D eigenvalue weighted by atomic mass is 9.99. The van der Waals surface area contributed by atoms with Gasteiger partial charge in [-0.1, -0.05) is 13.8 Å². The monoisotopic (exact) mass is 197 g/mol. The highest BCUT2D eigenvalue weighted by atomic mass is 19.1. The van der Waals surface area contributed by atoms with Crippen LogP contribution in [0, 0.1) is 6.92 Å². The largest absolute Gasteiger partial charge is 0.481 e. The van der Waals surface area contributed by atoms with Crippen LogP contribution < -0.4 is 4.74 Å². The lowest BCUT2D eigenvalue weighted by Crippen LogP contribution is -2.02. The van der Waals surface area contributed by atoms with E-state index in [2.05, 4.69) is 18.8 Å². The SMILES string of the molecule is COc1nc(CF)cc(C)c1C(C)C. The molecule has 3 heteroatoms. The molecule has 0 saturated heterocycles. The molecule has 0 aliphatic carbocycles. The quantitative estimate of drug-likeness (QED) is 0.743. The first-order chi connectivity index (χ1) is 6.60. The second kappa shape index (κ2) is 4.40. The van der Waals surface area contributed by atoms with Gasteiger partial charge in [-0.2, -0.15) is 0 Å². The number of pyridine rings is 1. The number of nitrogens with zero attached hydrogens (tertiary/aromatic N) is 1. The Labute approximate surface area is 84.1 Å². The van der Waals surface area contributed by atoms with Crippen molar-refractivity contribution in [1.82, 2.24) is 4.98 Å². The van der Waals surface area contributed by atoms with Crippen LogP contribution in [0.3, 0.4) is 0 Å². The number of hydrogen-bond acceptors (Lipinski definition) is 2. The number of aromatic nitrogens is 1. The lowest BCUT2D eigenvalue weighted by molar-refractivity contribution is 0.382. The molecule has 0 spiro atoms. The van der Waals surface area contributed by atoms with Crippen LogP contribution in [-0.2, 0) is 6.67 Å². The van der Waals surface area contributed by atoms with Gasteiger partial charge < -0.3 is 4.74 Å². The Bertz CT molecular complexity index is 323. The molecule has 0 saturated carbocycles. The summed E-state index contributed by atoms with van der Waals surface area (Å²) in [5.41, 5.74) is 2.54. The molecular formula is C11H16FNO. The molecule has 2 nitrogen and oxygen atoms in total. The Hall–Kier alpha value is -1.12. The third-order valence-corrected chi connectivity index (χ3v) is 2.19. The average Bonchev–Trinajstić information content (AvgIpc) is 2.15. The summed E-state index contributed by atoms with van der Waals surface area (Å²) in [5, 5.41) is 0. The van der Waals surface area contributed by atoms with E-state index in [-0.39, 0.29) is 0 Å². The van der Waals surface area contributed by atoms with Gasteiger partial charge in [0.2, 0.25) is 5.88 Å². The first-order valence-corrected chi connectivity index (χ1v) is 4.70. The van der Waals surface area contributed by atoms with Crippen molar-refractivity contribution in [3.05, 3.63) is 22.9 Å². The number of hydrogen-bond donors (Lipinski definition) is 0. The van der Waals surface area contributed by atoms with Crippen molar-refractivity contribution in [2.24, 2.45) is 0 Å². The zero-order chi connectivity index (χ0) is 10.7. The number of halogens is 1. The van der Waals surface area contributed by atoms with Crippen molar-refractivity contribution in [2.75, 3.05) is 7.11 Å². The summed E-state index contributed by atoms with van der Waals surface area (Å²) < 4.78 is 17.6. The fourth-order valence-electron chi connectivity index (χ4n) is 1.65. The Kier molecular flexibility index (Phi) is 3.44. The maximum atomic E-state index is 12.4. The van der Waals surface area contributed by atoms with E-state index in [0.717, 1.165) is 11.1 Å². The molecule has 0 amide bonds. The first kappa shape index (κ1) is 11.0. The maximum Gasteiger partial charge on any atom is 0.217 e. The van der Waals surface area contributed by atoms with Crippen molar-refractivity contribution in [3.63, 3.8) is 0 Å². The van der Waals surface area contributed by atoms with Gasteiger partial charge in [0.15, 0.2) is 0 Å². The minimum Gasteiger partial charge on any atom is -0.481 e. The van der Waals surface area contributed by atoms with Crippen molar-refractivity contribution in [1.29, 1.82) is 0 Å². The molecule has 0 atom stereocenters. The molecule has 1 aromatic rings. The third-order valence-electron chi connectivity index (χ3n) is 2.19. The van der Waals surface area contributed by atoms with Gasteiger partial charge >= 0.3 is 0 Å². The van der Waals surface area contributed by atoms with Crippen LogP contribution in [0.15, 0.2) is 6.07 Å². The predicted molar refractivity (Wildman–Crippen MR) is 54.4 cm³/mol. The van der Waals surface area contributed by atoms with Gasteiger partial charge in [0.25, 0.3) is 0 Å². The fourth-order valence-corrected chi connectivity index (χ4v) is 1.65. The van der Waals surface area contributed by atoms with Crippen molar-refractivity contribution < 1.29 is 9.13 Å². The summed E-state index contributed by atoms with van der Waals surface area (Å²) >= 11 is 0. The van der Waals surface area contributed by atoms with E-state index in [0.29, 0.717) is 17.5 Å². The van der Waals surface area contributed by atoms with Crippen LogP contribution in [0.1, 0.15) is 36.6 Å². The number of methoxy groups -OCH3 is 1. The Morgan fingerprint density at radius 3 is 2.57 bits per heavy atom. The molecule has 0 aromatic carbocycles. The molecule has 14 heavy (non-hydrogen) atoms. The molecule has 0 aliphatic rings. The summed E-state index contributed by atoms with van der Waals surface area (Å²) in [7, 11) is 1.57. The number of aryl methyl sites for hydroxylation is 1. The van der Waals surface area contributed by atoms with E-state index in [1.807, 2.05) is 6.92 Å². The highest BCUT2D eigenvalue weighted by molar-refractivity contribution is 5.38. The first-order valence-electron chi connectivity index (χ1n) is 4.70. The molecule has 78 valence electrons. The van der Waals surface area contributed by atoms with Crippen molar-refractivity contribution in [2.45, 2.75) is 33.4 Å². The van der Waals surface area contributed by atoms with E-state index in [9.17, 15) is 4.39 Å². The molecule has 1 rings (SSSR count). The predicted octanol–water partition coefficient (Wildman–Crippen LogP) is 2.99. The molecule has 0 aliphatic heterocycles. The zero-order valence-corrected chi connectivity index (χ0v) is 9.10. The second-order valence-corrected chi connectivity index (χ2v) is 3.64. The summed E-state index contributed by atoms with van der Waals surface area (Å²) in [6.07, 6.45) is 0. The molecule has 0 N–H and O–H groups in total. The molecule has 0 radical (unpaired) electrons. The number of alkyl halides is 1. The highest BCUT2D eigenvalue weighted by Gasteiger charge is 2.13. The number of ether oxygens (including phenoxy) is 1. The van der Waals surface area contributed by atoms with Crippen LogP contribution in [0.4, 0.5) is 4.39 Å². The molecule has 0 bridgehead atoms. The molecule has 0 unspecified atom stereocenters. The van der Waals surface area contributed by atoms with Gasteiger partial charge in [-0.15, -0.1) is 0 Å². The Balaban J connectivity index is 3.27. The van der Waals surface area contributed by atoms with Crippen LogP contribution in [-0.4, -0.2) is 12.1 Å². The normalized spacial score (nSPS) is 10.7. The van der Waals surface area contributed by atoms with Crippen LogP contribution in [0.2, 0.25) is 0 Å². The molecular weight excluding hydrogens is 181 g/mol. The zero-order valence-electron chi connectivity index (χ0n) is 9.10. The van der Waals surface area contributed by atoms with Crippen molar-refractivity contribution >= 4 is 0 Å². The van der Waals surface area contributed by atoms with Gasteiger partial charge in [0.05, 0.1) is 12.8 Å². The smallest absolute Gasteiger partial charge is 0.217 e. The Morgan fingerprint density at radius 1 is 1.50 bits per heavy atom. The van der Waals surface area contributed by atoms with E-state index in [1.54, 1.807) is 13.2 Å². The Morgan fingerprint density at radius 2 is 2.14 bits per heavy atom. The summed E-state index contributed by atoms with van der Waals surface area (Å²) in [4.78, 5) is 4.09. The van der Waals surface area contributed by atoms with Gasteiger partial charge in [-0.25, -0.2) is 9.37 Å². The standard InChI is InChI=1S/C11H16FNO/c1-7(2)10-8(3)5-9(6-12)13-11(10)14-4/h5,7H,6H2,1-4H3. The van der Waals surface area contributed by atoms with E-state index in [1.165, 1.54) is 0 Å². The van der Waals surface area contributed by atoms with Gasteiger partial charge in [-0.3, -0.25) is 0 Å². The second-order valence-electron chi connectivity index (χ2n) is 3.64. The van der Waals surface area contributed by atoms with Crippen LogP contribution in [0.5, 0.6) is 5.88 Å². The molecule has 0 fully saturated rings. The van der Waals surface area contributed by atoms with Gasteiger partial charge in [-0.05, 0) is 24.5 Å². The van der Waals surface area contributed by atoms with Crippen LogP contribution in [0.25, 0.3) is 0 Å². The van der Waals surface area contributed by atoms with Gasteiger partial charge in [0, 0.05) is 5.56 Å². The summed E-state index contributed by atoms with van der Waals surface area (Å²) in [6.45, 7) is 5.55. The summed E-state index contributed by atoms with van der Waals surface area (Å²) in [6, 6.07) is 1.78. The lowest BCUT2D eigenvalue weighted by Gasteiger charge is -2.14. The van der Waals surface area contributed by atoms with E-state index >= 15 is 0 Å². The molecule has 1 aromatic heterocycles. The van der Waals surface area contributed by atoms with E-state index in [4.69, 9.17) is 4.74 Å². The van der Waals surface area contributed by atoms with Crippen molar-refractivity contribution in [3.8, 4) is 5.88 Å². The minimum atomic E-state index is -0.546. The maximum absolute atomic E-state index is 12.4. The highest BCUT2D eigenvalue weighted by Crippen LogP contribution is 2.28. The summed E-state index contributed by atoms with van der Waals surface area (Å²) in [5.74, 6) is 0.888. The topological polar surface area (TPSA) is 22.1 Å². The van der Waals surface area contributed by atoms with Crippen LogP contribution >= 0.6 is 0 Å². The fraction of sp³-hybridized carbons (Fsp3) is 0.545. The van der Waals surface area contributed by atoms with Gasteiger partial charge in [0.1, 0.15) is 6.67 Å².